The van der Waals surface area contributed by atoms with Crippen molar-refractivity contribution in [1.82, 2.24) is 4.90 Å². The molecule has 1 aliphatic rings. The Hall–Kier alpha value is -2.53. The number of carbonyl (C=O) groups excluding carboxylic acids is 1. The Balaban J connectivity index is 1.92. The first-order valence-corrected chi connectivity index (χ1v) is 8.54. The average molecular weight is 338 g/mol. The van der Waals surface area contributed by atoms with Crippen molar-refractivity contribution in [2.75, 3.05) is 6.54 Å². The van der Waals surface area contributed by atoms with E-state index in [1.165, 1.54) is 17.3 Å². The molecule has 1 fully saturated rings. The highest BCUT2D eigenvalue weighted by molar-refractivity contribution is 8.18. The van der Waals surface area contributed by atoms with Crippen LogP contribution in [0.15, 0.2) is 58.4 Å². The van der Waals surface area contributed by atoms with Gasteiger partial charge in [0.25, 0.3) is 5.91 Å². The van der Waals surface area contributed by atoms with Crippen LogP contribution in [0.3, 0.4) is 0 Å². The highest BCUT2D eigenvalue weighted by Gasteiger charge is 2.32. The molecule has 0 radical (unpaired) electrons. The zero-order valence-electron chi connectivity index (χ0n) is 13.6. The molecule has 1 N–H and O–H groups in total. The van der Waals surface area contributed by atoms with Gasteiger partial charge in [0.15, 0.2) is 5.17 Å². The van der Waals surface area contributed by atoms with Gasteiger partial charge in [-0.25, -0.2) is 4.99 Å². The molecular weight excluding hydrogens is 320 g/mol. The second kappa shape index (κ2) is 6.93. The fraction of sp³-hybridized carbons (Fsp3) is 0.158. The number of aromatic hydroxyl groups is 1. The van der Waals surface area contributed by atoms with Crippen molar-refractivity contribution in [1.29, 1.82) is 0 Å². The molecule has 1 aliphatic heterocycles. The molecule has 0 unspecified atom stereocenters. The quantitative estimate of drug-likeness (QED) is 0.848. The predicted molar refractivity (Wildman–Crippen MR) is 99.3 cm³/mol. The van der Waals surface area contributed by atoms with Crippen molar-refractivity contribution >= 4 is 34.6 Å². The van der Waals surface area contributed by atoms with Gasteiger partial charge in [0, 0.05) is 6.54 Å². The van der Waals surface area contributed by atoms with E-state index in [4.69, 9.17) is 0 Å². The number of hydrogen-bond donors (Lipinski definition) is 1. The fourth-order valence-electron chi connectivity index (χ4n) is 2.37. The van der Waals surface area contributed by atoms with Gasteiger partial charge in [-0.05, 0) is 61.5 Å². The zero-order chi connectivity index (χ0) is 17.1. The van der Waals surface area contributed by atoms with Gasteiger partial charge in [-0.1, -0.05) is 29.8 Å². The van der Waals surface area contributed by atoms with E-state index < -0.39 is 0 Å². The molecule has 24 heavy (non-hydrogen) atoms. The first-order valence-electron chi connectivity index (χ1n) is 7.72. The molecule has 0 atom stereocenters. The highest BCUT2D eigenvalue weighted by atomic mass is 32.2. The van der Waals surface area contributed by atoms with Crippen LogP contribution in [-0.4, -0.2) is 27.6 Å². The molecule has 5 heteroatoms. The second-order valence-corrected chi connectivity index (χ2v) is 6.49. The summed E-state index contributed by atoms with van der Waals surface area (Å²) in [7, 11) is 0. The summed E-state index contributed by atoms with van der Waals surface area (Å²) in [6, 6.07) is 14.7. The Morgan fingerprint density at radius 3 is 2.62 bits per heavy atom. The Labute approximate surface area is 145 Å². The minimum absolute atomic E-state index is 0.0586. The number of benzene rings is 2. The van der Waals surface area contributed by atoms with Crippen LogP contribution in [0.25, 0.3) is 6.08 Å². The maximum absolute atomic E-state index is 12.6. The van der Waals surface area contributed by atoms with Crippen LogP contribution in [0, 0.1) is 6.92 Å². The van der Waals surface area contributed by atoms with E-state index in [1.807, 2.05) is 44.2 Å². The monoisotopic (exact) mass is 338 g/mol. The van der Waals surface area contributed by atoms with Gasteiger partial charge >= 0.3 is 0 Å². The summed E-state index contributed by atoms with van der Waals surface area (Å²) in [5.41, 5.74) is 2.79. The van der Waals surface area contributed by atoms with Crippen molar-refractivity contribution in [3.8, 4) is 5.75 Å². The Kier molecular flexibility index (Phi) is 4.71. The van der Waals surface area contributed by atoms with Crippen LogP contribution in [0.4, 0.5) is 5.69 Å². The SMILES string of the molecule is CCN1C(=O)C(=Cc2cccc(O)c2)SC1=Nc1ccc(C)cc1. The minimum Gasteiger partial charge on any atom is -0.508 e. The number of hydrogen-bond acceptors (Lipinski definition) is 4. The van der Waals surface area contributed by atoms with Gasteiger partial charge in [0.2, 0.25) is 0 Å². The summed E-state index contributed by atoms with van der Waals surface area (Å²) in [5.74, 6) is 0.123. The number of nitrogens with zero attached hydrogens (tertiary/aromatic N) is 2. The van der Waals surface area contributed by atoms with Gasteiger partial charge in [-0.3, -0.25) is 9.69 Å². The molecule has 3 rings (SSSR count). The van der Waals surface area contributed by atoms with E-state index in [0.29, 0.717) is 16.6 Å². The zero-order valence-corrected chi connectivity index (χ0v) is 14.4. The normalized spacial score (nSPS) is 17.9. The number of thioether (sulfide) groups is 1. The molecule has 1 saturated heterocycles. The minimum atomic E-state index is -0.0586. The molecule has 2 aromatic carbocycles. The fourth-order valence-corrected chi connectivity index (χ4v) is 3.43. The maximum Gasteiger partial charge on any atom is 0.266 e. The largest absolute Gasteiger partial charge is 0.508 e. The van der Waals surface area contributed by atoms with Crippen molar-refractivity contribution in [2.24, 2.45) is 4.99 Å². The van der Waals surface area contributed by atoms with E-state index in [2.05, 4.69) is 4.99 Å². The molecule has 0 aromatic heterocycles. The summed E-state index contributed by atoms with van der Waals surface area (Å²) in [5, 5.41) is 10.2. The van der Waals surface area contributed by atoms with Gasteiger partial charge in [0.05, 0.1) is 10.6 Å². The van der Waals surface area contributed by atoms with Gasteiger partial charge < -0.3 is 5.11 Å². The lowest BCUT2D eigenvalue weighted by Gasteiger charge is -2.12. The van der Waals surface area contributed by atoms with Gasteiger partial charge in [-0.15, -0.1) is 0 Å². The predicted octanol–water partition coefficient (Wildman–Crippen LogP) is 4.32. The van der Waals surface area contributed by atoms with E-state index in [1.54, 1.807) is 29.2 Å². The summed E-state index contributed by atoms with van der Waals surface area (Å²) in [6.45, 7) is 4.52. The van der Waals surface area contributed by atoms with Crippen LogP contribution in [0.2, 0.25) is 0 Å². The third-order valence-corrected chi connectivity index (χ3v) is 4.64. The van der Waals surface area contributed by atoms with E-state index in [0.717, 1.165) is 11.3 Å². The first kappa shape index (κ1) is 16.3. The number of phenols is 1. The Morgan fingerprint density at radius 1 is 1.21 bits per heavy atom. The van der Waals surface area contributed by atoms with Crippen molar-refractivity contribution in [2.45, 2.75) is 13.8 Å². The van der Waals surface area contributed by atoms with Crippen LogP contribution in [0.5, 0.6) is 5.75 Å². The molecule has 4 nitrogen and oxygen atoms in total. The number of phenolic OH excluding ortho intramolecular Hbond substituents is 1. The topological polar surface area (TPSA) is 52.9 Å². The molecular formula is C19H18N2O2S. The number of aryl methyl sites for hydroxylation is 1. The molecule has 122 valence electrons. The molecule has 2 aromatic rings. The standard InChI is InChI=1S/C19H18N2O2S/c1-3-21-18(23)17(12-14-5-4-6-16(22)11-14)24-19(21)20-15-9-7-13(2)8-10-15/h4-12,22H,3H2,1-2H3. The number of rotatable bonds is 3. The lowest BCUT2D eigenvalue weighted by atomic mass is 10.2. The Morgan fingerprint density at radius 2 is 1.96 bits per heavy atom. The molecule has 1 amide bonds. The van der Waals surface area contributed by atoms with Gasteiger partial charge in [0.1, 0.15) is 5.75 Å². The molecule has 1 heterocycles. The number of amides is 1. The summed E-state index contributed by atoms with van der Waals surface area (Å²) in [4.78, 5) is 19.5. The van der Waals surface area contributed by atoms with Crippen LogP contribution < -0.4 is 0 Å². The maximum atomic E-state index is 12.6. The van der Waals surface area contributed by atoms with Crippen LogP contribution >= 0.6 is 11.8 Å². The Bertz CT molecular complexity index is 826. The van der Waals surface area contributed by atoms with Crippen molar-refractivity contribution in [3.05, 3.63) is 64.6 Å². The lowest BCUT2D eigenvalue weighted by molar-refractivity contribution is -0.122. The average Bonchev–Trinajstić information content (AvgIpc) is 2.84. The summed E-state index contributed by atoms with van der Waals surface area (Å²) < 4.78 is 0. The van der Waals surface area contributed by atoms with Crippen molar-refractivity contribution < 1.29 is 9.90 Å². The van der Waals surface area contributed by atoms with Crippen LogP contribution in [-0.2, 0) is 4.79 Å². The van der Waals surface area contributed by atoms with Crippen molar-refractivity contribution in [3.63, 3.8) is 0 Å². The van der Waals surface area contributed by atoms with Gasteiger partial charge in [-0.2, -0.15) is 0 Å². The third-order valence-electron chi connectivity index (χ3n) is 3.63. The summed E-state index contributed by atoms with van der Waals surface area (Å²) >= 11 is 1.36. The third kappa shape index (κ3) is 3.51. The molecule has 0 bridgehead atoms. The number of likely N-dealkylation sites (N-methyl/N-ethyl adjacent to an activating group) is 1. The molecule has 0 aliphatic carbocycles. The number of amidine groups is 1. The molecule has 0 spiro atoms. The van der Waals surface area contributed by atoms with E-state index >= 15 is 0 Å². The van der Waals surface area contributed by atoms with E-state index in [-0.39, 0.29) is 11.7 Å². The summed E-state index contributed by atoms with van der Waals surface area (Å²) in [6.07, 6.45) is 1.78. The second-order valence-electron chi connectivity index (χ2n) is 5.48. The lowest BCUT2D eigenvalue weighted by Crippen LogP contribution is -2.28. The van der Waals surface area contributed by atoms with Crippen LogP contribution in [0.1, 0.15) is 18.1 Å². The highest BCUT2D eigenvalue weighted by Crippen LogP contribution is 2.34. The smallest absolute Gasteiger partial charge is 0.266 e. The molecule has 0 saturated carbocycles. The first-order chi connectivity index (χ1) is 11.6. The number of carbonyl (C=O) groups is 1. The number of aliphatic imine (C=N–C) groups is 1. The van der Waals surface area contributed by atoms with E-state index in [9.17, 15) is 9.90 Å².